The van der Waals surface area contributed by atoms with Crippen molar-refractivity contribution in [2.24, 2.45) is 0 Å². The highest BCUT2D eigenvalue weighted by atomic mass is 16.5. The third-order valence-electron chi connectivity index (χ3n) is 3.85. The summed E-state index contributed by atoms with van der Waals surface area (Å²) in [6, 6.07) is 0. The second kappa shape index (κ2) is 6.80. The lowest BCUT2D eigenvalue weighted by Gasteiger charge is -2.30. The van der Waals surface area contributed by atoms with Gasteiger partial charge in [-0.3, -0.25) is 0 Å². The molecule has 0 radical (unpaired) electrons. The van der Waals surface area contributed by atoms with Crippen LogP contribution in [0.5, 0.6) is 0 Å². The lowest BCUT2D eigenvalue weighted by atomic mass is 10.1. The SMILES string of the molecule is CCCCn1nc(N2CCC(O)CC2)c(C(=O)OC)c1N. The Kier molecular flexibility index (Phi) is 5.06. The van der Waals surface area contributed by atoms with E-state index in [0.717, 1.165) is 12.8 Å². The number of aliphatic hydroxyl groups excluding tert-OH is 1. The highest BCUT2D eigenvalue weighted by molar-refractivity contribution is 5.99. The molecular formula is C14H24N4O3. The average molecular weight is 296 g/mol. The van der Waals surface area contributed by atoms with Gasteiger partial charge in [-0.25, -0.2) is 9.48 Å². The molecule has 1 aliphatic heterocycles. The van der Waals surface area contributed by atoms with Crippen molar-refractivity contribution < 1.29 is 14.6 Å². The summed E-state index contributed by atoms with van der Waals surface area (Å²) < 4.78 is 6.52. The van der Waals surface area contributed by atoms with E-state index in [-0.39, 0.29) is 6.10 Å². The smallest absolute Gasteiger partial charge is 0.345 e. The molecule has 1 saturated heterocycles. The highest BCUT2D eigenvalue weighted by Crippen LogP contribution is 2.28. The van der Waals surface area contributed by atoms with Gasteiger partial charge in [0.05, 0.1) is 13.2 Å². The first-order valence-corrected chi connectivity index (χ1v) is 7.46. The Balaban J connectivity index is 2.31. The van der Waals surface area contributed by atoms with Crippen LogP contribution in [-0.4, -0.2) is 47.2 Å². The summed E-state index contributed by atoms with van der Waals surface area (Å²) in [4.78, 5) is 14.0. The Morgan fingerprint density at radius 3 is 2.71 bits per heavy atom. The van der Waals surface area contributed by atoms with Crippen molar-refractivity contribution in [3.05, 3.63) is 5.56 Å². The molecule has 1 aromatic heterocycles. The third kappa shape index (κ3) is 3.29. The maximum atomic E-state index is 12.0. The van der Waals surface area contributed by atoms with Gasteiger partial charge in [0, 0.05) is 19.6 Å². The van der Waals surface area contributed by atoms with Crippen molar-refractivity contribution in [1.82, 2.24) is 9.78 Å². The normalized spacial score (nSPS) is 16.2. The molecule has 0 saturated carbocycles. The van der Waals surface area contributed by atoms with E-state index in [1.807, 2.05) is 4.90 Å². The zero-order chi connectivity index (χ0) is 15.4. The van der Waals surface area contributed by atoms with E-state index in [9.17, 15) is 9.90 Å². The molecule has 0 atom stereocenters. The molecular weight excluding hydrogens is 272 g/mol. The van der Waals surface area contributed by atoms with Gasteiger partial charge in [0.15, 0.2) is 5.82 Å². The fraction of sp³-hybridized carbons (Fsp3) is 0.714. The van der Waals surface area contributed by atoms with Crippen LogP contribution in [0.4, 0.5) is 11.6 Å². The van der Waals surface area contributed by atoms with E-state index in [1.54, 1.807) is 4.68 Å². The lowest BCUT2D eigenvalue weighted by molar-refractivity contribution is 0.0602. The number of hydrogen-bond acceptors (Lipinski definition) is 6. The molecule has 2 heterocycles. The number of anilines is 2. The van der Waals surface area contributed by atoms with Gasteiger partial charge in [0.2, 0.25) is 0 Å². The minimum atomic E-state index is -0.462. The maximum Gasteiger partial charge on any atom is 0.345 e. The Morgan fingerprint density at radius 1 is 1.48 bits per heavy atom. The minimum absolute atomic E-state index is 0.276. The van der Waals surface area contributed by atoms with E-state index in [0.29, 0.717) is 49.7 Å². The largest absolute Gasteiger partial charge is 0.465 e. The number of hydrogen-bond donors (Lipinski definition) is 2. The zero-order valence-corrected chi connectivity index (χ0v) is 12.7. The number of aliphatic hydroxyl groups is 1. The van der Waals surface area contributed by atoms with E-state index in [4.69, 9.17) is 10.5 Å². The number of nitrogens with two attached hydrogens (primary N) is 1. The molecule has 21 heavy (non-hydrogen) atoms. The van der Waals surface area contributed by atoms with Crippen LogP contribution in [0.3, 0.4) is 0 Å². The molecule has 1 aliphatic rings. The zero-order valence-electron chi connectivity index (χ0n) is 12.7. The number of piperidine rings is 1. The number of carbonyl (C=O) groups excluding carboxylic acids is 1. The number of aromatic nitrogens is 2. The predicted molar refractivity (Wildman–Crippen MR) is 80.3 cm³/mol. The molecule has 1 aromatic rings. The Hall–Kier alpha value is -1.76. The Morgan fingerprint density at radius 2 is 2.14 bits per heavy atom. The summed E-state index contributed by atoms with van der Waals surface area (Å²) in [5.41, 5.74) is 6.42. The number of carbonyl (C=O) groups is 1. The van der Waals surface area contributed by atoms with Crippen molar-refractivity contribution in [3.8, 4) is 0 Å². The molecule has 0 aromatic carbocycles. The molecule has 3 N–H and O–H groups in total. The van der Waals surface area contributed by atoms with E-state index in [1.165, 1.54) is 7.11 Å². The van der Waals surface area contributed by atoms with Crippen molar-refractivity contribution >= 4 is 17.6 Å². The molecule has 0 amide bonds. The Bertz CT molecular complexity index is 493. The monoisotopic (exact) mass is 296 g/mol. The summed E-state index contributed by atoms with van der Waals surface area (Å²) in [7, 11) is 1.34. The van der Waals surface area contributed by atoms with Crippen LogP contribution in [0.15, 0.2) is 0 Å². The van der Waals surface area contributed by atoms with Gasteiger partial charge in [-0.2, -0.15) is 5.10 Å². The van der Waals surface area contributed by atoms with Gasteiger partial charge in [-0.15, -0.1) is 0 Å². The second-order valence-electron chi connectivity index (χ2n) is 5.37. The van der Waals surface area contributed by atoms with Gasteiger partial charge in [-0.1, -0.05) is 13.3 Å². The van der Waals surface area contributed by atoms with Crippen LogP contribution >= 0.6 is 0 Å². The van der Waals surface area contributed by atoms with Gasteiger partial charge >= 0.3 is 5.97 Å². The molecule has 0 aliphatic carbocycles. The quantitative estimate of drug-likeness (QED) is 0.788. The van der Waals surface area contributed by atoms with Crippen LogP contribution < -0.4 is 10.6 Å². The lowest BCUT2D eigenvalue weighted by Crippen LogP contribution is -2.37. The number of nitrogens with zero attached hydrogens (tertiary/aromatic N) is 3. The van der Waals surface area contributed by atoms with E-state index >= 15 is 0 Å². The summed E-state index contributed by atoms with van der Waals surface area (Å²) in [6.07, 6.45) is 3.04. The first-order valence-electron chi connectivity index (χ1n) is 7.46. The molecule has 0 unspecified atom stereocenters. The summed E-state index contributed by atoms with van der Waals surface area (Å²) >= 11 is 0. The van der Waals surface area contributed by atoms with Crippen molar-refractivity contribution in [1.29, 1.82) is 0 Å². The van der Waals surface area contributed by atoms with Crippen LogP contribution in [0.1, 0.15) is 43.0 Å². The van der Waals surface area contributed by atoms with Gasteiger partial charge in [-0.05, 0) is 19.3 Å². The first-order chi connectivity index (χ1) is 10.1. The maximum absolute atomic E-state index is 12.0. The molecule has 118 valence electrons. The average Bonchev–Trinajstić information content (AvgIpc) is 2.82. The van der Waals surface area contributed by atoms with Gasteiger partial charge < -0.3 is 20.5 Å². The number of esters is 1. The van der Waals surface area contributed by atoms with Gasteiger partial charge in [0.1, 0.15) is 11.4 Å². The topological polar surface area (TPSA) is 93.6 Å². The summed E-state index contributed by atoms with van der Waals surface area (Å²) in [6.45, 7) is 4.10. The molecule has 0 spiro atoms. The first kappa shape index (κ1) is 15.6. The fourth-order valence-electron chi connectivity index (χ4n) is 2.54. The van der Waals surface area contributed by atoms with Crippen LogP contribution in [0.2, 0.25) is 0 Å². The number of ether oxygens (including phenoxy) is 1. The fourth-order valence-corrected chi connectivity index (χ4v) is 2.54. The molecule has 0 bridgehead atoms. The van der Waals surface area contributed by atoms with Crippen LogP contribution in [-0.2, 0) is 11.3 Å². The molecule has 1 fully saturated rings. The van der Waals surface area contributed by atoms with Crippen LogP contribution in [0.25, 0.3) is 0 Å². The number of methoxy groups -OCH3 is 1. The molecule has 2 rings (SSSR count). The molecule has 7 heteroatoms. The van der Waals surface area contributed by atoms with Crippen molar-refractivity contribution in [2.75, 3.05) is 30.8 Å². The van der Waals surface area contributed by atoms with E-state index < -0.39 is 5.97 Å². The highest BCUT2D eigenvalue weighted by Gasteiger charge is 2.28. The summed E-state index contributed by atoms with van der Waals surface area (Å²) in [5.74, 6) is 0.468. The van der Waals surface area contributed by atoms with Gasteiger partial charge in [0.25, 0.3) is 0 Å². The Labute approximate surface area is 124 Å². The van der Waals surface area contributed by atoms with Crippen molar-refractivity contribution in [2.45, 2.75) is 45.3 Å². The van der Waals surface area contributed by atoms with Crippen molar-refractivity contribution in [3.63, 3.8) is 0 Å². The number of nitrogen functional groups attached to an aromatic ring is 1. The van der Waals surface area contributed by atoms with Crippen LogP contribution in [0, 0.1) is 0 Å². The number of unbranched alkanes of at least 4 members (excludes halogenated alkanes) is 1. The minimum Gasteiger partial charge on any atom is -0.465 e. The second-order valence-corrected chi connectivity index (χ2v) is 5.37. The summed E-state index contributed by atoms with van der Waals surface area (Å²) in [5, 5.41) is 14.1. The predicted octanol–water partition coefficient (Wildman–Crippen LogP) is 1.01. The number of rotatable bonds is 5. The molecule has 7 nitrogen and oxygen atoms in total. The number of aryl methyl sites for hydroxylation is 1. The third-order valence-corrected chi connectivity index (χ3v) is 3.85. The van der Waals surface area contributed by atoms with E-state index in [2.05, 4.69) is 12.0 Å². The standard InChI is InChI=1S/C14H24N4O3/c1-3-4-7-18-12(15)11(14(20)21-2)13(16-18)17-8-5-10(19)6-9-17/h10,19H,3-9,15H2,1-2H3.